The minimum Gasteiger partial charge on any atom is -0.385 e. The van der Waals surface area contributed by atoms with Gasteiger partial charge in [0.2, 0.25) is 13.4 Å². The van der Waals surface area contributed by atoms with E-state index in [0.717, 1.165) is 0 Å². The van der Waals surface area contributed by atoms with E-state index in [9.17, 15) is 19.8 Å². The van der Waals surface area contributed by atoms with Crippen LogP contribution in [0.5, 0.6) is 0 Å². The van der Waals surface area contributed by atoms with E-state index in [4.69, 9.17) is 4.52 Å². The van der Waals surface area contributed by atoms with E-state index in [0.29, 0.717) is 0 Å². The summed E-state index contributed by atoms with van der Waals surface area (Å²) in [6, 6.07) is -1.15. The molecule has 7 heteroatoms. The van der Waals surface area contributed by atoms with Crippen LogP contribution in [0.25, 0.3) is 0 Å². The van der Waals surface area contributed by atoms with Crippen LogP contribution in [-0.4, -0.2) is 40.6 Å². The number of hydrogen-bond donors (Lipinski definition) is 1. The van der Waals surface area contributed by atoms with Gasteiger partial charge in [0.05, 0.1) is 12.3 Å². The van der Waals surface area contributed by atoms with E-state index < -0.39 is 24.4 Å². The van der Waals surface area contributed by atoms with Crippen molar-refractivity contribution in [1.29, 1.82) is 0 Å². The van der Waals surface area contributed by atoms with Crippen molar-refractivity contribution < 1.29 is 19.1 Å². The Bertz CT molecular complexity index is 342. The number of nitro groups is 1. The Balaban J connectivity index is 4.78. The number of aliphatic hydroxyl groups is 1. The van der Waals surface area contributed by atoms with Crippen LogP contribution in [0.3, 0.4) is 0 Å². The SMILES string of the molecule is C/C=C/CP(=O)(CC(O)C(C)[N+](=O)[O-])OC(C)C. The zero-order valence-corrected chi connectivity index (χ0v) is 12.2. The monoisotopic (exact) mass is 279 g/mol. The Kier molecular flexibility index (Phi) is 7.36. The van der Waals surface area contributed by atoms with Crippen molar-refractivity contribution in [3.8, 4) is 0 Å². The molecule has 6 nitrogen and oxygen atoms in total. The summed E-state index contributed by atoms with van der Waals surface area (Å²) < 4.78 is 17.8. The highest BCUT2D eigenvalue weighted by Gasteiger charge is 2.34. The number of allylic oxidation sites excluding steroid dienone is 2. The molecule has 0 aromatic heterocycles. The summed E-state index contributed by atoms with van der Waals surface area (Å²) in [5, 5.41) is 20.3. The van der Waals surface area contributed by atoms with Crippen LogP contribution in [0.4, 0.5) is 0 Å². The molecule has 0 heterocycles. The van der Waals surface area contributed by atoms with Gasteiger partial charge in [-0.25, -0.2) is 0 Å². The smallest absolute Gasteiger partial charge is 0.236 e. The Morgan fingerprint density at radius 1 is 1.44 bits per heavy atom. The maximum Gasteiger partial charge on any atom is 0.236 e. The molecule has 0 saturated carbocycles. The number of aliphatic hydroxyl groups excluding tert-OH is 1. The minimum atomic E-state index is -3.08. The fourth-order valence-electron chi connectivity index (χ4n) is 1.39. The van der Waals surface area contributed by atoms with Gasteiger partial charge >= 0.3 is 0 Å². The molecular weight excluding hydrogens is 257 g/mol. The average Bonchev–Trinajstić information content (AvgIpc) is 2.23. The second-order valence-corrected chi connectivity index (χ2v) is 7.07. The first-order valence-corrected chi connectivity index (χ1v) is 7.90. The quantitative estimate of drug-likeness (QED) is 0.318. The van der Waals surface area contributed by atoms with Gasteiger partial charge in [-0.3, -0.25) is 14.7 Å². The topological polar surface area (TPSA) is 89.7 Å². The second kappa shape index (κ2) is 7.67. The van der Waals surface area contributed by atoms with Crippen LogP contribution in [0.15, 0.2) is 12.2 Å². The second-order valence-electron chi connectivity index (χ2n) is 4.50. The standard InChI is InChI=1S/C11H22NO5P/c1-5-6-7-18(16,17-9(2)3)8-11(13)10(4)12(14)15/h5-6,9-11,13H,7-8H2,1-4H3/b6-5+. The third kappa shape index (κ3) is 6.28. The lowest BCUT2D eigenvalue weighted by Gasteiger charge is -2.22. The van der Waals surface area contributed by atoms with Gasteiger partial charge in [-0.1, -0.05) is 12.2 Å². The first kappa shape index (κ1) is 17.3. The summed E-state index contributed by atoms with van der Waals surface area (Å²) in [6.07, 6.45) is 1.89. The molecule has 0 aliphatic heterocycles. The van der Waals surface area contributed by atoms with Crippen LogP contribution >= 0.6 is 7.37 Å². The third-order valence-corrected chi connectivity index (χ3v) is 4.88. The maximum atomic E-state index is 12.5. The maximum absolute atomic E-state index is 12.5. The number of nitrogens with zero attached hydrogens (tertiary/aromatic N) is 1. The van der Waals surface area contributed by atoms with Crippen LogP contribution in [0.1, 0.15) is 27.7 Å². The molecule has 0 fully saturated rings. The molecule has 3 unspecified atom stereocenters. The van der Waals surface area contributed by atoms with E-state index in [-0.39, 0.29) is 18.4 Å². The summed E-state index contributed by atoms with van der Waals surface area (Å²) in [5.41, 5.74) is 0. The normalized spacial score (nSPS) is 18.8. The van der Waals surface area contributed by atoms with E-state index in [1.807, 2.05) is 0 Å². The van der Waals surface area contributed by atoms with Crippen LogP contribution in [0, 0.1) is 10.1 Å². The Labute approximate surface area is 108 Å². The van der Waals surface area contributed by atoms with Gasteiger partial charge < -0.3 is 9.63 Å². The van der Waals surface area contributed by atoms with Gasteiger partial charge in [-0.15, -0.1) is 0 Å². The van der Waals surface area contributed by atoms with Gasteiger partial charge in [0, 0.05) is 18.0 Å². The highest BCUT2D eigenvalue weighted by atomic mass is 31.2. The molecule has 3 atom stereocenters. The first-order valence-electron chi connectivity index (χ1n) is 5.91. The Hall–Kier alpha value is -0.710. The summed E-state index contributed by atoms with van der Waals surface area (Å²) in [4.78, 5) is 9.98. The van der Waals surface area contributed by atoms with Crippen LogP contribution in [0.2, 0.25) is 0 Å². The highest BCUT2D eigenvalue weighted by molar-refractivity contribution is 7.59. The molecule has 18 heavy (non-hydrogen) atoms. The molecule has 0 aliphatic rings. The van der Waals surface area contributed by atoms with E-state index in [2.05, 4.69) is 0 Å². The highest BCUT2D eigenvalue weighted by Crippen LogP contribution is 2.49. The lowest BCUT2D eigenvalue weighted by Crippen LogP contribution is -2.34. The molecule has 0 amide bonds. The number of rotatable bonds is 8. The van der Waals surface area contributed by atoms with Crippen molar-refractivity contribution in [3.63, 3.8) is 0 Å². The van der Waals surface area contributed by atoms with E-state index in [1.165, 1.54) is 6.92 Å². The Morgan fingerprint density at radius 3 is 2.39 bits per heavy atom. The first-order chi connectivity index (χ1) is 8.22. The van der Waals surface area contributed by atoms with Gasteiger partial charge in [-0.2, -0.15) is 0 Å². The zero-order valence-electron chi connectivity index (χ0n) is 11.3. The average molecular weight is 279 g/mol. The van der Waals surface area contributed by atoms with Crippen molar-refractivity contribution in [2.45, 2.75) is 45.9 Å². The molecule has 0 aliphatic carbocycles. The third-order valence-electron chi connectivity index (χ3n) is 2.38. The largest absolute Gasteiger partial charge is 0.385 e. The van der Waals surface area contributed by atoms with Crippen molar-refractivity contribution in [3.05, 3.63) is 22.3 Å². The molecule has 0 rings (SSSR count). The lowest BCUT2D eigenvalue weighted by molar-refractivity contribution is -0.528. The van der Waals surface area contributed by atoms with Crippen molar-refractivity contribution in [2.24, 2.45) is 0 Å². The molecule has 1 N–H and O–H groups in total. The van der Waals surface area contributed by atoms with Crippen LogP contribution < -0.4 is 0 Å². The molecule has 0 saturated heterocycles. The minimum absolute atomic E-state index is 0.184. The summed E-state index contributed by atoms with van der Waals surface area (Å²) in [7, 11) is -3.08. The molecule has 0 bridgehead atoms. The van der Waals surface area contributed by atoms with Gasteiger partial charge in [0.25, 0.3) is 0 Å². The summed E-state index contributed by atoms with van der Waals surface area (Å²) in [6.45, 7) is 6.56. The predicted molar refractivity (Wildman–Crippen MR) is 70.8 cm³/mol. The van der Waals surface area contributed by atoms with E-state index in [1.54, 1.807) is 32.9 Å². The van der Waals surface area contributed by atoms with Gasteiger partial charge in [0.1, 0.15) is 6.10 Å². The van der Waals surface area contributed by atoms with Gasteiger partial charge in [0.15, 0.2) is 0 Å². The number of hydrogen-bond acceptors (Lipinski definition) is 5. The van der Waals surface area contributed by atoms with Crippen molar-refractivity contribution in [1.82, 2.24) is 0 Å². The molecule has 0 spiro atoms. The molecule has 106 valence electrons. The fraction of sp³-hybridized carbons (Fsp3) is 0.818. The van der Waals surface area contributed by atoms with Crippen molar-refractivity contribution >= 4 is 7.37 Å². The zero-order chi connectivity index (χ0) is 14.3. The summed E-state index contributed by atoms with van der Waals surface area (Å²) >= 11 is 0. The fourth-order valence-corrected chi connectivity index (χ4v) is 3.89. The van der Waals surface area contributed by atoms with E-state index >= 15 is 0 Å². The molecule has 0 aromatic carbocycles. The lowest BCUT2D eigenvalue weighted by atomic mass is 10.2. The van der Waals surface area contributed by atoms with Crippen LogP contribution in [-0.2, 0) is 9.09 Å². The van der Waals surface area contributed by atoms with Crippen molar-refractivity contribution in [2.75, 3.05) is 12.3 Å². The molecule has 0 aromatic rings. The summed E-state index contributed by atoms with van der Waals surface area (Å²) in [5.74, 6) is 0. The molecular formula is C11H22NO5P. The molecule has 0 radical (unpaired) electrons. The predicted octanol–water partition coefficient (Wildman–Crippen LogP) is 2.29. The Morgan fingerprint density at radius 2 is 2.00 bits per heavy atom. The van der Waals surface area contributed by atoms with Gasteiger partial charge in [-0.05, 0) is 20.8 Å².